The number of nitrogens with two attached hydrogens (primary N) is 1. The molecule has 3 aromatic heterocycles. The Morgan fingerprint density at radius 2 is 2.00 bits per heavy atom. The Balaban J connectivity index is 2.03. The summed E-state index contributed by atoms with van der Waals surface area (Å²) in [6, 6.07) is 6.90. The molecule has 0 aliphatic rings. The molecule has 0 unspecified atom stereocenters. The Labute approximate surface area is 157 Å². The number of aromatic amines is 2. The van der Waals surface area contributed by atoms with E-state index >= 15 is 0 Å². The molecule has 4 N–H and O–H groups in total. The number of hydrogen-bond acceptors (Lipinski definition) is 4. The summed E-state index contributed by atoms with van der Waals surface area (Å²) in [6.07, 6.45) is 1.54. The molecule has 0 saturated carbocycles. The third-order valence-corrected chi connectivity index (χ3v) is 6.13. The third kappa shape index (κ3) is 1.99. The van der Waals surface area contributed by atoms with Gasteiger partial charge in [-0.3, -0.25) is 9.89 Å². The Bertz CT molecular complexity index is 1400. The SMILES string of the molecule is Nc1c(-c2ccc(F)c3[nH]ncc23)c2cc(Br)c3ccsc3c2[nH]c1=O. The van der Waals surface area contributed by atoms with Gasteiger partial charge in [-0.25, -0.2) is 4.39 Å². The highest BCUT2D eigenvalue weighted by Crippen LogP contribution is 2.41. The standard InChI is InChI=1S/C18H10BrFN4OS/c19-11-5-9-13(7-1-2-12(20)15-10(7)6-22-24-15)14(21)18(25)23-16(9)17-8(11)3-4-26-17/h1-6H,21H2,(H,22,24)(H,23,25). The van der Waals surface area contributed by atoms with Gasteiger partial charge in [-0.05, 0) is 29.1 Å². The molecule has 0 aliphatic heterocycles. The van der Waals surface area contributed by atoms with Crippen LogP contribution < -0.4 is 11.3 Å². The summed E-state index contributed by atoms with van der Waals surface area (Å²) < 4.78 is 15.9. The molecule has 5 nitrogen and oxygen atoms in total. The minimum atomic E-state index is -0.407. The zero-order valence-corrected chi connectivity index (χ0v) is 15.5. The zero-order valence-electron chi connectivity index (χ0n) is 13.1. The van der Waals surface area contributed by atoms with Gasteiger partial charge in [-0.2, -0.15) is 5.10 Å². The molecule has 0 amide bonds. The van der Waals surface area contributed by atoms with E-state index in [2.05, 4.69) is 31.1 Å². The van der Waals surface area contributed by atoms with Crippen molar-refractivity contribution in [1.82, 2.24) is 15.2 Å². The van der Waals surface area contributed by atoms with E-state index in [1.807, 2.05) is 17.5 Å². The van der Waals surface area contributed by atoms with Crippen molar-refractivity contribution in [3.05, 3.63) is 56.5 Å². The molecule has 5 rings (SSSR count). The van der Waals surface area contributed by atoms with Gasteiger partial charge in [0.15, 0.2) is 0 Å². The first kappa shape index (κ1) is 15.5. The number of thiophene rings is 1. The number of pyridine rings is 1. The second kappa shape index (κ2) is 5.39. The van der Waals surface area contributed by atoms with Crippen LogP contribution in [0.5, 0.6) is 0 Å². The van der Waals surface area contributed by atoms with Crippen LogP contribution in [0.25, 0.3) is 43.0 Å². The fourth-order valence-corrected chi connectivity index (χ4v) is 4.98. The van der Waals surface area contributed by atoms with Crippen LogP contribution in [0.1, 0.15) is 0 Å². The molecule has 8 heteroatoms. The van der Waals surface area contributed by atoms with Gasteiger partial charge in [0.1, 0.15) is 17.0 Å². The van der Waals surface area contributed by atoms with Gasteiger partial charge < -0.3 is 10.7 Å². The topological polar surface area (TPSA) is 87.6 Å². The summed E-state index contributed by atoms with van der Waals surface area (Å²) in [6.45, 7) is 0. The molecule has 5 aromatic rings. The van der Waals surface area contributed by atoms with Crippen molar-refractivity contribution in [1.29, 1.82) is 0 Å². The minimum absolute atomic E-state index is 0.0921. The smallest absolute Gasteiger partial charge is 0.272 e. The van der Waals surface area contributed by atoms with E-state index in [1.54, 1.807) is 12.3 Å². The van der Waals surface area contributed by atoms with Gasteiger partial charge >= 0.3 is 0 Å². The molecule has 0 atom stereocenters. The first-order valence-electron chi connectivity index (χ1n) is 7.69. The van der Waals surface area contributed by atoms with E-state index in [-0.39, 0.29) is 16.8 Å². The maximum absolute atomic E-state index is 14.1. The molecule has 26 heavy (non-hydrogen) atoms. The van der Waals surface area contributed by atoms with Crippen LogP contribution in [0.4, 0.5) is 10.1 Å². The minimum Gasteiger partial charge on any atom is -0.394 e. The van der Waals surface area contributed by atoms with Gasteiger partial charge in [0.25, 0.3) is 5.56 Å². The summed E-state index contributed by atoms with van der Waals surface area (Å²) in [5.41, 5.74) is 8.12. The van der Waals surface area contributed by atoms with E-state index < -0.39 is 5.82 Å². The molecule has 0 radical (unpaired) electrons. The monoisotopic (exact) mass is 428 g/mol. The number of hydrogen-bond donors (Lipinski definition) is 3. The van der Waals surface area contributed by atoms with Crippen molar-refractivity contribution in [3.8, 4) is 11.1 Å². The molecule has 3 heterocycles. The predicted molar refractivity (Wildman–Crippen MR) is 107 cm³/mol. The first-order valence-corrected chi connectivity index (χ1v) is 9.36. The number of benzene rings is 2. The average molecular weight is 429 g/mol. The quantitative estimate of drug-likeness (QED) is 0.359. The fourth-order valence-electron chi connectivity index (χ4n) is 3.36. The first-order chi connectivity index (χ1) is 12.6. The number of nitrogens with zero attached hydrogens (tertiary/aromatic N) is 1. The Kier molecular flexibility index (Phi) is 3.22. The molecular formula is C18H10BrFN4OS. The largest absolute Gasteiger partial charge is 0.394 e. The van der Waals surface area contributed by atoms with Gasteiger partial charge in [-0.15, -0.1) is 11.3 Å². The number of rotatable bonds is 1. The van der Waals surface area contributed by atoms with Crippen LogP contribution in [0.15, 0.2) is 45.1 Å². The summed E-state index contributed by atoms with van der Waals surface area (Å²) in [5.74, 6) is -0.407. The number of halogens is 2. The number of aromatic nitrogens is 3. The molecule has 2 aromatic carbocycles. The fraction of sp³-hybridized carbons (Fsp3) is 0. The highest BCUT2D eigenvalue weighted by atomic mass is 79.9. The predicted octanol–water partition coefficient (Wildman–Crippen LogP) is 4.77. The Hall–Kier alpha value is -2.71. The summed E-state index contributed by atoms with van der Waals surface area (Å²) in [7, 11) is 0. The van der Waals surface area contributed by atoms with Crippen LogP contribution in [-0.2, 0) is 0 Å². The maximum atomic E-state index is 14.1. The van der Waals surface area contributed by atoms with Crippen LogP contribution in [-0.4, -0.2) is 15.2 Å². The second-order valence-electron chi connectivity index (χ2n) is 5.94. The van der Waals surface area contributed by atoms with Gasteiger partial charge in [-0.1, -0.05) is 22.0 Å². The van der Waals surface area contributed by atoms with Gasteiger partial charge in [0.2, 0.25) is 0 Å². The average Bonchev–Trinajstić information content (AvgIpc) is 3.29. The molecule has 0 bridgehead atoms. The number of anilines is 1. The van der Waals surface area contributed by atoms with E-state index in [1.165, 1.54) is 17.4 Å². The molecule has 128 valence electrons. The normalized spacial score (nSPS) is 11.8. The van der Waals surface area contributed by atoms with Crippen molar-refractivity contribution in [2.75, 3.05) is 5.73 Å². The third-order valence-electron chi connectivity index (χ3n) is 4.55. The summed E-state index contributed by atoms with van der Waals surface area (Å²) in [4.78, 5) is 15.4. The van der Waals surface area contributed by atoms with Crippen molar-refractivity contribution in [2.45, 2.75) is 0 Å². The molecule has 0 aliphatic carbocycles. The number of nitrogens with one attached hydrogen (secondary N) is 2. The van der Waals surface area contributed by atoms with Crippen molar-refractivity contribution in [3.63, 3.8) is 0 Å². The van der Waals surface area contributed by atoms with E-state index in [9.17, 15) is 9.18 Å². The van der Waals surface area contributed by atoms with Crippen LogP contribution in [0.2, 0.25) is 0 Å². The molecular weight excluding hydrogens is 419 g/mol. The van der Waals surface area contributed by atoms with E-state index in [0.717, 1.165) is 19.9 Å². The highest BCUT2D eigenvalue weighted by molar-refractivity contribution is 9.10. The van der Waals surface area contributed by atoms with Crippen LogP contribution in [0, 0.1) is 5.82 Å². The van der Waals surface area contributed by atoms with Crippen molar-refractivity contribution >= 4 is 64.8 Å². The lowest BCUT2D eigenvalue weighted by Gasteiger charge is -2.12. The zero-order chi connectivity index (χ0) is 18.0. The lowest BCUT2D eigenvalue weighted by atomic mass is 9.96. The second-order valence-corrected chi connectivity index (χ2v) is 7.71. The highest BCUT2D eigenvalue weighted by Gasteiger charge is 2.19. The lowest BCUT2D eigenvalue weighted by molar-refractivity contribution is 0.636. The molecule has 0 saturated heterocycles. The maximum Gasteiger partial charge on any atom is 0.272 e. The molecule has 0 fully saturated rings. The summed E-state index contributed by atoms with van der Waals surface area (Å²) >= 11 is 5.13. The number of H-pyrrole nitrogens is 2. The Morgan fingerprint density at radius 3 is 2.85 bits per heavy atom. The molecule has 0 spiro atoms. The van der Waals surface area contributed by atoms with E-state index in [4.69, 9.17) is 5.73 Å². The van der Waals surface area contributed by atoms with Crippen LogP contribution >= 0.6 is 27.3 Å². The van der Waals surface area contributed by atoms with Gasteiger partial charge in [0, 0.05) is 26.2 Å². The Morgan fingerprint density at radius 1 is 1.15 bits per heavy atom. The number of fused-ring (bicyclic) bond motifs is 4. The van der Waals surface area contributed by atoms with Crippen molar-refractivity contribution in [2.24, 2.45) is 0 Å². The lowest BCUT2D eigenvalue weighted by Crippen LogP contribution is -2.13. The van der Waals surface area contributed by atoms with Crippen LogP contribution in [0.3, 0.4) is 0 Å². The van der Waals surface area contributed by atoms with Gasteiger partial charge in [0.05, 0.1) is 16.4 Å². The van der Waals surface area contributed by atoms with Crippen molar-refractivity contribution < 1.29 is 4.39 Å². The summed E-state index contributed by atoms with van der Waals surface area (Å²) in [5, 5.41) is 10.9. The number of nitrogen functional groups attached to an aromatic ring is 1. The van der Waals surface area contributed by atoms with E-state index in [0.29, 0.717) is 22.0 Å².